The predicted molar refractivity (Wildman–Crippen MR) is 125 cm³/mol. The Hall–Kier alpha value is -4.26. The van der Waals surface area contributed by atoms with Crippen molar-refractivity contribution < 1.29 is 23.5 Å². The van der Waals surface area contributed by atoms with E-state index in [1.54, 1.807) is 48.5 Å². The third-order valence-electron chi connectivity index (χ3n) is 5.09. The van der Waals surface area contributed by atoms with E-state index in [2.05, 4.69) is 5.32 Å². The zero-order chi connectivity index (χ0) is 23.4. The van der Waals surface area contributed by atoms with Gasteiger partial charge in [0.1, 0.15) is 17.3 Å². The molecule has 7 nitrogen and oxygen atoms in total. The number of fused-ring (bicyclic) bond motifs is 1. The van der Waals surface area contributed by atoms with Crippen molar-refractivity contribution in [1.29, 1.82) is 0 Å². The number of hydrogen-bond acceptors (Lipinski definition) is 5. The Labute approximate surface area is 191 Å². The summed E-state index contributed by atoms with van der Waals surface area (Å²) in [6.45, 7) is 4.32. The molecule has 2 amide bonds. The number of benzene rings is 3. The fourth-order valence-corrected chi connectivity index (χ4v) is 3.39. The lowest BCUT2D eigenvalue weighted by Gasteiger charge is -2.12. The fraction of sp³-hybridized carbons (Fsp3) is 0.154. The highest BCUT2D eigenvalue weighted by molar-refractivity contribution is 5.94. The number of para-hydroxylation sites is 1. The summed E-state index contributed by atoms with van der Waals surface area (Å²) in [7, 11) is 0. The van der Waals surface area contributed by atoms with E-state index in [1.165, 1.54) is 0 Å². The SMILES string of the molecule is CCOc1cccc2cc(C(C)NC(=O)c3ccc(Oc4ccc(C(N)=O)cc4)cc3)oc12. The zero-order valence-corrected chi connectivity index (χ0v) is 18.3. The molecule has 3 N–H and O–H groups in total. The molecule has 0 aliphatic rings. The first-order valence-corrected chi connectivity index (χ1v) is 10.6. The van der Waals surface area contributed by atoms with Crippen LogP contribution in [0.4, 0.5) is 0 Å². The molecular formula is C26H24N2O5. The Balaban J connectivity index is 1.41. The van der Waals surface area contributed by atoms with Gasteiger partial charge in [-0.15, -0.1) is 0 Å². The molecule has 0 saturated heterocycles. The summed E-state index contributed by atoms with van der Waals surface area (Å²) in [5, 5.41) is 3.87. The first-order chi connectivity index (χ1) is 15.9. The number of rotatable bonds is 8. The van der Waals surface area contributed by atoms with Gasteiger partial charge < -0.3 is 24.9 Å². The van der Waals surface area contributed by atoms with Crippen molar-refractivity contribution in [1.82, 2.24) is 5.32 Å². The quantitative estimate of drug-likeness (QED) is 0.388. The van der Waals surface area contributed by atoms with Gasteiger partial charge in [-0.1, -0.05) is 12.1 Å². The third kappa shape index (κ3) is 4.98. The van der Waals surface area contributed by atoms with Crippen LogP contribution in [0.25, 0.3) is 11.0 Å². The number of nitrogens with one attached hydrogen (secondary N) is 1. The van der Waals surface area contributed by atoms with E-state index in [1.807, 2.05) is 38.1 Å². The van der Waals surface area contributed by atoms with Gasteiger partial charge in [0.2, 0.25) is 5.91 Å². The van der Waals surface area contributed by atoms with E-state index in [9.17, 15) is 9.59 Å². The van der Waals surface area contributed by atoms with E-state index in [4.69, 9.17) is 19.6 Å². The minimum absolute atomic E-state index is 0.231. The highest BCUT2D eigenvalue weighted by Crippen LogP contribution is 2.31. The van der Waals surface area contributed by atoms with Crippen LogP contribution in [0.5, 0.6) is 17.2 Å². The standard InChI is InChI=1S/C26H24N2O5/c1-3-31-22-6-4-5-19-15-23(33-24(19)22)16(2)28-26(30)18-9-13-21(14-10-18)32-20-11-7-17(8-12-20)25(27)29/h4-16H,3H2,1-2H3,(H2,27,29)(H,28,30). The molecule has 0 spiro atoms. The lowest BCUT2D eigenvalue weighted by atomic mass is 10.1. The summed E-state index contributed by atoms with van der Waals surface area (Å²) in [5.41, 5.74) is 6.80. The molecular weight excluding hydrogens is 420 g/mol. The minimum atomic E-state index is -0.497. The van der Waals surface area contributed by atoms with Gasteiger partial charge in [0.25, 0.3) is 5.91 Å². The molecule has 1 unspecified atom stereocenters. The molecule has 0 bridgehead atoms. The maximum Gasteiger partial charge on any atom is 0.251 e. The van der Waals surface area contributed by atoms with Gasteiger partial charge >= 0.3 is 0 Å². The Kier molecular flexibility index (Phi) is 6.31. The monoisotopic (exact) mass is 444 g/mol. The summed E-state index contributed by atoms with van der Waals surface area (Å²) in [5.74, 6) is 1.72. The minimum Gasteiger partial charge on any atom is -0.490 e. The summed E-state index contributed by atoms with van der Waals surface area (Å²) >= 11 is 0. The van der Waals surface area contributed by atoms with Gasteiger partial charge in [0, 0.05) is 16.5 Å². The number of nitrogens with two attached hydrogens (primary N) is 1. The van der Waals surface area contributed by atoms with Crippen molar-refractivity contribution in [3.8, 4) is 17.2 Å². The van der Waals surface area contributed by atoms with Gasteiger partial charge in [-0.25, -0.2) is 0 Å². The predicted octanol–water partition coefficient (Wildman–Crippen LogP) is 5.21. The molecule has 0 aliphatic heterocycles. The van der Waals surface area contributed by atoms with Crippen molar-refractivity contribution in [3.05, 3.63) is 89.7 Å². The average Bonchev–Trinajstić information content (AvgIpc) is 3.26. The van der Waals surface area contributed by atoms with Crippen LogP contribution in [0, 0.1) is 0 Å². The number of furan rings is 1. The summed E-state index contributed by atoms with van der Waals surface area (Å²) in [6.07, 6.45) is 0. The number of hydrogen-bond donors (Lipinski definition) is 2. The average molecular weight is 444 g/mol. The molecule has 4 rings (SSSR count). The van der Waals surface area contributed by atoms with Gasteiger partial charge in [-0.2, -0.15) is 0 Å². The Morgan fingerprint density at radius 2 is 1.61 bits per heavy atom. The van der Waals surface area contributed by atoms with E-state index in [0.717, 1.165) is 5.39 Å². The molecule has 33 heavy (non-hydrogen) atoms. The van der Waals surface area contributed by atoms with Gasteiger partial charge in [0.05, 0.1) is 12.6 Å². The summed E-state index contributed by atoms with van der Waals surface area (Å²) in [4.78, 5) is 23.9. The molecule has 1 aromatic heterocycles. The highest BCUT2D eigenvalue weighted by atomic mass is 16.5. The van der Waals surface area contributed by atoms with Crippen molar-refractivity contribution in [2.75, 3.05) is 6.61 Å². The number of primary amides is 1. The van der Waals surface area contributed by atoms with Gasteiger partial charge in [-0.05, 0) is 74.5 Å². The van der Waals surface area contributed by atoms with Crippen molar-refractivity contribution in [2.24, 2.45) is 5.73 Å². The molecule has 3 aromatic carbocycles. The zero-order valence-electron chi connectivity index (χ0n) is 18.3. The summed E-state index contributed by atoms with van der Waals surface area (Å²) in [6, 6.07) is 20.6. The third-order valence-corrected chi connectivity index (χ3v) is 5.09. The van der Waals surface area contributed by atoms with Crippen molar-refractivity contribution in [3.63, 3.8) is 0 Å². The smallest absolute Gasteiger partial charge is 0.251 e. The van der Waals surface area contributed by atoms with Crippen molar-refractivity contribution >= 4 is 22.8 Å². The van der Waals surface area contributed by atoms with Crippen LogP contribution in [0.15, 0.2) is 77.2 Å². The van der Waals surface area contributed by atoms with E-state index in [-0.39, 0.29) is 11.9 Å². The molecule has 168 valence electrons. The van der Waals surface area contributed by atoms with Crippen LogP contribution >= 0.6 is 0 Å². The van der Waals surface area contributed by atoms with Crippen LogP contribution in [-0.2, 0) is 0 Å². The highest BCUT2D eigenvalue weighted by Gasteiger charge is 2.17. The van der Waals surface area contributed by atoms with Crippen LogP contribution in [0.3, 0.4) is 0 Å². The molecule has 4 aromatic rings. The van der Waals surface area contributed by atoms with E-state index in [0.29, 0.717) is 46.3 Å². The first kappa shape index (κ1) is 22.0. The normalized spacial score (nSPS) is 11.7. The molecule has 0 radical (unpaired) electrons. The van der Waals surface area contributed by atoms with Crippen LogP contribution in [0.2, 0.25) is 0 Å². The maximum atomic E-state index is 12.7. The molecule has 1 heterocycles. The van der Waals surface area contributed by atoms with Crippen LogP contribution in [-0.4, -0.2) is 18.4 Å². The van der Waals surface area contributed by atoms with Gasteiger partial charge in [0.15, 0.2) is 11.3 Å². The van der Waals surface area contributed by atoms with E-state index < -0.39 is 5.91 Å². The topological polar surface area (TPSA) is 104 Å². The van der Waals surface area contributed by atoms with Crippen LogP contribution in [0.1, 0.15) is 46.4 Å². The fourth-order valence-electron chi connectivity index (χ4n) is 3.39. The molecule has 1 atom stereocenters. The number of carbonyl (C=O) groups excluding carboxylic acids is 2. The second-order valence-corrected chi connectivity index (χ2v) is 7.47. The van der Waals surface area contributed by atoms with Crippen LogP contribution < -0.4 is 20.5 Å². The molecule has 0 saturated carbocycles. The molecule has 0 fully saturated rings. The Morgan fingerprint density at radius 1 is 0.970 bits per heavy atom. The molecule has 7 heteroatoms. The molecule has 0 aliphatic carbocycles. The second-order valence-electron chi connectivity index (χ2n) is 7.47. The second kappa shape index (κ2) is 9.48. The maximum absolute atomic E-state index is 12.7. The van der Waals surface area contributed by atoms with Gasteiger partial charge in [-0.3, -0.25) is 9.59 Å². The number of ether oxygens (including phenoxy) is 2. The number of amides is 2. The number of carbonyl (C=O) groups is 2. The van der Waals surface area contributed by atoms with E-state index >= 15 is 0 Å². The summed E-state index contributed by atoms with van der Waals surface area (Å²) < 4.78 is 17.3. The lowest BCUT2D eigenvalue weighted by molar-refractivity contribution is 0.0934. The largest absolute Gasteiger partial charge is 0.490 e. The lowest BCUT2D eigenvalue weighted by Crippen LogP contribution is -2.26. The van der Waals surface area contributed by atoms with Crippen molar-refractivity contribution in [2.45, 2.75) is 19.9 Å². The Bertz CT molecular complexity index is 1280. The first-order valence-electron chi connectivity index (χ1n) is 10.6. The Morgan fingerprint density at radius 3 is 2.21 bits per heavy atom.